The van der Waals surface area contributed by atoms with Crippen molar-refractivity contribution in [3.8, 4) is 6.07 Å². The van der Waals surface area contributed by atoms with Gasteiger partial charge in [0.25, 0.3) is 0 Å². The lowest BCUT2D eigenvalue weighted by Gasteiger charge is -2.26. The average Bonchev–Trinajstić information content (AvgIpc) is 2.45. The van der Waals surface area contributed by atoms with Gasteiger partial charge in [-0.05, 0) is 27.6 Å². The number of hydrogen-bond donors (Lipinski definition) is 1. The highest BCUT2D eigenvalue weighted by Crippen LogP contribution is 2.32. The number of anilines is 2. The first-order valence-corrected chi connectivity index (χ1v) is 6.91. The lowest BCUT2D eigenvalue weighted by molar-refractivity contribution is 0.793. The van der Waals surface area contributed by atoms with Crippen molar-refractivity contribution in [1.29, 1.82) is 5.26 Å². The van der Waals surface area contributed by atoms with Crippen LogP contribution in [0.5, 0.6) is 0 Å². The minimum atomic E-state index is 0.425. The second-order valence-electron chi connectivity index (χ2n) is 4.25. The molecule has 0 unspecified atom stereocenters. The summed E-state index contributed by atoms with van der Waals surface area (Å²) in [6.45, 7) is 1.24. The van der Waals surface area contributed by atoms with E-state index >= 15 is 0 Å². The van der Waals surface area contributed by atoms with Gasteiger partial charge in [0.05, 0.1) is 34.5 Å². The molecule has 5 nitrogen and oxygen atoms in total. The molecule has 2 heterocycles. The number of nitrogens with two attached hydrogens (primary N) is 1. The molecule has 20 heavy (non-hydrogen) atoms. The summed E-state index contributed by atoms with van der Waals surface area (Å²) in [5.74, 6) is 0. The van der Waals surface area contributed by atoms with Crippen LogP contribution >= 0.6 is 15.9 Å². The highest BCUT2D eigenvalue weighted by Gasteiger charge is 2.14. The van der Waals surface area contributed by atoms with Gasteiger partial charge in [-0.15, -0.1) is 0 Å². The van der Waals surface area contributed by atoms with E-state index in [1.807, 2.05) is 18.3 Å². The molecule has 0 fully saturated rings. The minimum Gasteiger partial charge on any atom is -0.396 e. The van der Waals surface area contributed by atoms with E-state index in [-0.39, 0.29) is 0 Å². The van der Waals surface area contributed by atoms with Crippen molar-refractivity contribution in [2.45, 2.75) is 13.0 Å². The van der Waals surface area contributed by atoms with E-state index in [2.05, 4.69) is 36.9 Å². The summed E-state index contributed by atoms with van der Waals surface area (Å²) in [6, 6.07) is 6.05. The van der Waals surface area contributed by atoms with Gasteiger partial charge in [0.2, 0.25) is 0 Å². The Kier molecular flexibility index (Phi) is 4.91. The maximum Gasteiger partial charge on any atom is 0.0779 e. The standard InChI is InChI=1S/C14H14BrN5/c15-12-8-19-9-13(17)14(12)20(6-2-4-16)10-11-3-1-5-18-7-11/h1,3,5,7-9H,2,6,10,17H2. The molecular formula is C14H14BrN5. The fourth-order valence-electron chi connectivity index (χ4n) is 1.94. The summed E-state index contributed by atoms with van der Waals surface area (Å²) in [6.07, 6.45) is 7.29. The van der Waals surface area contributed by atoms with Crippen LogP contribution in [0.2, 0.25) is 0 Å². The van der Waals surface area contributed by atoms with Gasteiger partial charge in [0.1, 0.15) is 0 Å². The second kappa shape index (κ2) is 6.87. The van der Waals surface area contributed by atoms with Crippen LogP contribution in [0.15, 0.2) is 41.4 Å². The predicted molar refractivity (Wildman–Crippen MR) is 81.9 cm³/mol. The number of rotatable bonds is 5. The summed E-state index contributed by atoms with van der Waals surface area (Å²) in [5, 5.41) is 8.82. The van der Waals surface area contributed by atoms with Crippen molar-refractivity contribution < 1.29 is 0 Å². The molecule has 0 spiro atoms. The Morgan fingerprint density at radius 1 is 1.30 bits per heavy atom. The molecule has 0 aromatic carbocycles. The third kappa shape index (κ3) is 3.45. The first kappa shape index (κ1) is 14.3. The Hall–Kier alpha value is -2.13. The van der Waals surface area contributed by atoms with E-state index in [4.69, 9.17) is 11.0 Å². The second-order valence-corrected chi connectivity index (χ2v) is 5.10. The number of nitriles is 1. The molecule has 2 aromatic heterocycles. The monoisotopic (exact) mass is 331 g/mol. The van der Waals surface area contributed by atoms with Crippen molar-refractivity contribution >= 4 is 27.3 Å². The van der Waals surface area contributed by atoms with Crippen molar-refractivity contribution in [3.63, 3.8) is 0 Å². The molecule has 2 aromatic rings. The molecule has 0 saturated heterocycles. The number of halogens is 1. The van der Waals surface area contributed by atoms with Gasteiger partial charge < -0.3 is 10.6 Å². The highest BCUT2D eigenvalue weighted by atomic mass is 79.9. The van der Waals surface area contributed by atoms with Crippen molar-refractivity contribution in [3.05, 3.63) is 47.0 Å². The van der Waals surface area contributed by atoms with Gasteiger partial charge in [-0.1, -0.05) is 6.07 Å². The van der Waals surface area contributed by atoms with Crippen LogP contribution in [-0.2, 0) is 6.54 Å². The first-order chi connectivity index (χ1) is 9.72. The fourth-order valence-corrected chi connectivity index (χ4v) is 2.54. The number of aromatic nitrogens is 2. The first-order valence-electron chi connectivity index (χ1n) is 6.12. The molecule has 0 atom stereocenters. The Morgan fingerprint density at radius 3 is 2.80 bits per heavy atom. The van der Waals surface area contributed by atoms with Crippen LogP contribution in [0.25, 0.3) is 0 Å². The van der Waals surface area contributed by atoms with Crippen LogP contribution < -0.4 is 10.6 Å². The zero-order chi connectivity index (χ0) is 14.4. The molecule has 0 radical (unpaired) electrons. The SMILES string of the molecule is N#CCCN(Cc1cccnc1)c1c(N)cncc1Br. The molecule has 0 amide bonds. The predicted octanol–water partition coefficient (Wildman–Crippen LogP) is 2.74. The summed E-state index contributed by atoms with van der Waals surface area (Å²) < 4.78 is 0.819. The Bertz CT molecular complexity index is 588. The molecular weight excluding hydrogens is 318 g/mol. The normalized spacial score (nSPS) is 10.0. The zero-order valence-corrected chi connectivity index (χ0v) is 12.4. The number of pyridine rings is 2. The van der Waals surface area contributed by atoms with Crippen LogP contribution in [0.1, 0.15) is 12.0 Å². The molecule has 6 heteroatoms. The van der Waals surface area contributed by atoms with E-state index in [9.17, 15) is 0 Å². The van der Waals surface area contributed by atoms with Crippen molar-refractivity contribution in [1.82, 2.24) is 9.97 Å². The largest absolute Gasteiger partial charge is 0.396 e. The van der Waals surface area contributed by atoms with Gasteiger partial charge in [0.15, 0.2) is 0 Å². The van der Waals surface area contributed by atoms with Gasteiger partial charge in [0, 0.05) is 31.7 Å². The van der Waals surface area contributed by atoms with Crippen molar-refractivity contribution in [2.75, 3.05) is 17.2 Å². The molecule has 0 saturated carbocycles. The molecule has 2 rings (SSSR count). The topological polar surface area (TPSA) is 78.8 Å². The third-order valence-corrected chi connectivity index (χ3v) is 3.39. The van der Waals surface area contributed by atoms with E-state index in [0.717, 1.165) is 15.7 Å². The van der Waals surface area contributed by atoms with Gasteiger partial charge in [-0.25, -0.2) is 0 Å². The Morgan fingerprint density at radius 2 is 2.15 bits per heavy atom. The van der Waals surface area contributed by atoms with Gasteiger partial charge in [-0.3, -0.25) is 9.97 Å². The van der Waals surface area contributed by atoms with E-state index < -0.39 is 0 Å². The molecule has 102 valence electrons. The van der Waals surface area contributed by atoms with E-state index in [1.165, 1.54) is 0 Å². The highest BCUT2D eigenvalue weighted by molar-refractivity contribution is 9.10. The van der Waals surface area contributed by atoms with Crippen LogP contribution in [0.3, 0.4) is 0 Å². The molecule has 0 aliphatic carbocycles. The smallest absolute Gasteiger partial charge is 0.0779 e. The van der Waals surface area contributed by atoms with Crippen LogP contribution in [0.4, 0.5) is 11.4 Å². The molecule has 0 aliphatic heterocycles. The minimum absolute atomic E-state index is 0.425. The van der Waals surface area contributed by atoms with Crippen LogP contribution in [-0.4, -0.2) is 16.5 Å². The van der Waals surface area contributed by atoms with Crippen LogP contribution in [0, 0.1) is 11.3 Å². The molecule has 0 aliphatic rings. The molecule has 0 bridgehead atoms. The lowest BCUT2D eigenvalue weighted by atomic mass is 10.2. The number of nitrogen functional groups attached to an aromatic ring is 1. The van der Waals surface area contributed by atoms with Gasteiger partial charge in [-0.2, -0.15) is 5.26 Å². The Labute approximate surface area is 126 Å². The quantitative estimate of drug-likeness (QED) is 0.911. The summed E-state index contributed by atoms with van der Waals surface area (Å²) in [7, 11) is 0. The maximum absolute atomic E-state index is 8.82. The molecule has 2 N–H and O–H groups in total. The Balaban J connectivity index is 2.30. The zero-order valence-electron chi connectivity index (χ0n) is 10.8. The van der Waals surface area contributed by atoms with E-state index in [0.29, 0.717) is 25.2 Å². The number of nitrogens with zero attached hydrogens (tertiary/aromatic N) is 4. The average molecular weight is 332 g/mol. The van der Waals surface area contributed by atoms with Gasteiger partial charge >= 0.3 is 0 Å². The third-order valence-electron chi connectivity index (χ3n) is 2.81. The summed E-state index contributed by atoms with van der Waals surface area (Å²) >= 11 is 3.47. The van der Waals surface area contributed by atoms with Crippen molar-refractivity contribution in [2.24, 2.45) is 0 Å². The summed E-state index contributed by atoms with van der Waals surface area (Å²) in [4.78, 5) is 10.2. The van der Waals surface area contributed by atoms with E-state index in [1.54, 1.807) is 18.6 Å². The number of hydrogen-bond acceptors (Lipinski definition) is 5. The fraction of sp³-hybridized carbons (Fsp3) is 0.214. The lowest BCUT2D eigenvalue weighted by Crippen LogP contribution is -2.25. The summed E-state index contributed by atoms with van der Waals surface area (Å²) in [5.41, 5.74) is 8.52. The maximum atomic E-state index is 8.82.